The van der Waals surface area contributed by atoms with E-state index in [0.29, 0.717) is 31.7 Å². The predicted octanol–water partition coefficient (Wildman–Crippen LogP) is 1.30. The Labute approximate surface area is 151 Å². The number of carbonyl (C=O) groups excluding carboxylic acids is 2. The van der Waals surface area contributed by atoms with Gasteiger partial charge in [0.15, 0.2) is 6.39 Å². The first kappa shape index (κ1) is 17.1. The van der Waals surface area contributed by atoms with E-state index in [0.717, 1.165) is 25.7 Å². The highest BCUT2D eigenvalue weighted by molar-refractivity contribution is 5.95. The van der Waals surface area contributed by atoms with E-state index in [9.17, 15) is 19.5 Å². The number of hydrogen-bond acceptors (Lipinski definition) is 5. The summed E-state index contributed by atoms with van der Waals surface area (Å²) in [4.78, 5) is 44.1. The average molecular weight is 361 g/mol. The number of carbonyl (C=O) groups is 3. The van der Waals surface area contributed by atoms with Gasteiger partial charge in [0.1, 0.15) is 6.04 Å². The molecule has 2 aliphatic heterocycles. The molecule has 4 rings (SSSR count). The molecule has 8 heteroatoms. The molecule has 140 valence electrons. The molecular formula is C18H23N3O5. The van der Waals surface area contributed by atoms with Gasteiger partial charge < -0.3 is 19.3 Å². The highest BCUT2D eigenvalue weighted by Crippen LogP contribution is 2.45. The van der Waals surface area contributed by atoms with Crippen molar-refractivity contribution in [2.24, 2.45) is 11.3 Å². The van der Waals surface area contributed by atoms with Crippen molar-refractivity contribution in [2.75, 3.05) is 19.6 Å². The minimum absolute atomic E-state index is 0.106. The van der Waals surface area contributed by atoms with Crippen LogP contribution in [0.25, 0.3) is 0 Å². The maximum Gasteiger partial charge on any atom is 0.326 e. The second-order valence-electron chi connectivity index (χ2n) is 7.86. The number of rotatable bonds is 3. The maximum atomic E-state index is 12.8. The van der Waals surface area contributed by atoms with Gasteiger partial charge in [0, 0.05) is 25.6 Å². The van der Waals surface area contributed by atoms with E-state index in [1.807, 2.05) is 4.90 Å². The summed E-state index contributed by atoms with van der Waals surface area (Å²) < 4.78 is 5.18. The number of aryl methyl sites for hydroxylation is 1. The first-order valence-electron chi connectivity index (χ1n) is 9.13. The number of hydrogen-bond donors (Lipinski definition) is 1. The molecule has 0 aromatic carbocycles. The summed E-state index contributed by atoms with van der Waals surface area (Å²) in [5.74, 6) is -0.871. The monoisotopic (exact) mass is 361 g/mol. The van der Waals surface area contributed by atoms with Crippen molar-refractivity contribution in [1.82, 2.24) is 14.8 Å². The van der Waals surface area contributed by atoms with Crippen LogP contribution in [-0.4, -0.2) is 63.4 Å². The third-order valence-corrected chi connectivity index (χ3v) is 6.06. The molecule has 3 heterocycles. The van der Waals surface area contributed by atoms with Gasteiger partial charge in [-0.25, -0.2) is 9.78 Å². The normalized spacial score (nSPS) is 24.9. The third kappa shape index (κ3) is 2.87. The van der Waals surface area contributed by atoms with Crippen LogP contribution in [0.15, 0.2) is 10.8 Å². The molecule has 1 spiro atoms. The number of aromatic nitrogens is 1. The molecular weight excluding hydrogens is 338 g/mol. The van der Waals surface area contributed by atoms with E-state index < -0.39 is 17.9 Å². The Kier molecular flexibility index (Phi) is 4.00. The van der Waals surface area contributed by atoms with Gasteiger partial charge in [-0.3, -0.25) is 9.59 Å². The van der Waals surface area contributed by atoms with Crippen LogP contribution in [0.2, 0.25) is 0 Å². The third-order valence-electron chi connectivity index (χ3n) is 6.06. The summed E-state index contributed by atoms with van der Waals surface area (Å²) in [6, 6.07) is -0.863. The zero-order valence-electron chi connectivity index (χ0n) is 14.8. The molecule has 1 aromatic rings. The molecule has 0 radical (unpaired) electrons. The summed E-state index contributed by atoms with van der Waals surface area (Å²) in [6.07, 6.45) is 5.06. The Hall–Kier alpha value is -2.38. The van der Waals surface area contributed by atoms with E-state index >= 15 is 0 Å². The first-order chi connectivity index (χ1) is 12.4. The average Bonchev–Trinajstić information content (AvgIpc) is 3.28. The molecule has 8 nitrogen and oxygen atoms in total. The van der Waals surface area contributed by atoms with Gasteiger partial charge in [-0.2, -0.15) is 0 Å². The minimum atomic E-state index is -0.996. The zero-order chi connectivity index (χ0) is 18.5. The van der Waals surface area contributed by atoms with Crippen molar-refractivity contribution in [2.45, 2.75) is 45.1 Å². The summed E-state index contributed by atoms with van der Waals surface area (Å²) in [5.41, 5.74) is 0.220. The number of carboxylic acids is 1. The van der Waals surface area contributed by atoms with Crippen LogP contribution in [0.1, 0.15) is 48.4 Å². The number of oxazole rings is 1. The first-order valence-corrected chi connectivity index (χ1v) is 9.13. The second-order valence-corrected chi connectivity index (χ2v) is 7.86. The maximum absolute atomic E-state index is 12.8. The molecule has 1 unspecified atom stereocenters. The lowest BCUT2D eigenvalue weighted by Gasteiger charge is -2.39. The molecule has 2 saturated heterocycles. The van der Waals surface area contributed by atoms with Gasteiger partial charge in [-0.05, 0) is 44.4 Å². The molecule has 1 N–H and O–H groups in total. The van der Waals surface area contributed by atoms with E-state index in [2.05, 4.69) is 4.98 Å². The Morgan fingerprint density at radius 2 is 1.96 bits per heavy atom. The molecule has 1 aromatic heterocycles. The fourth-order valence-corrected chi connectivity index (χ4v) is 4.28. The highest BCUT2D eigenvalue weighted by atomic mass is 16.4. The van der Waals surface area contributed by atoms with E-state index in [1.165, 1.54) is 11.3 Å². The van der Waals surface area contributed by atoms with Crippen molar-refractivity contribution >= 4 is 17.8 Å². The van der Waals surface area contributed by atoms with Gasteiger partial charge >= 0.3 is 5.97 Å². The Morgan fingerprint density at radius 1 is 1.27 bits per heavy atom. The van der Waals surface area contributed by atoms with Crippen LogP contribution < -0.4 is 0 Å². The van der Waals surface area contributed by atoms with Crippen LogP contribution >= 0.6 is 0 Å². The second kappa shape index (κ2) is 6.10. The van der Waals surface area contributed by atoms with Crippen LogP contribution in [0.5, 0.6) is 0 Å². The zero-order valence-corrected chi connectivity index (χ0v) is 14.8. The van der Waals surface area contributed by atoms with Crippen molar-refractivity contribution in [3.05, 3.63) is 17.8 Å². The van der Waals surface area contributed by atoms with Crippen molar-refractivity contribution in [3.8, 4) is 0 Å². The molecule has 3 fully saturated rings. The summed E-state index contributed by atoms with van der Waals surface area (Å²) >= 11 is 0. The number of piperidine rings is 1. The van der Waals surface area contributed by atoms with Gasteiger partial charge in [0.05, 0.1) is 5.69 Å². The number of aliphatic carboxylic acids is 1. The quantitative estimate of drug-likeness (QED) is 0.870. The Morgan fingerprint density at radius 3 is 2.50 bits per heavy atom. The molecule has 3 aliphatic rings. The number of likely N-dealkylation sites (tertiary alicyclic amines) is 2. The SMILES string of the molecule is Cc1ncoc1C(=O)N1CC2(CCN(C(=O)C3CC3)CC2)CC1C(=O)O. The van der Waals surface area contributed by atoms with Crippen LogP contribution in [0.4, 0.5) is 0 Å². The number of amides is 2. The van der Waals surface area contributed by atoms with Crippen molar-refractivity contribution in [3.63, 3.8) is 0 Å². The van der Waals surface area contributed by atoms with Crippen LogP contribution in [0.3, 0.4) is 0 Å². The molecule has 0 bridgehead atoms. The lowest BCUT2D eigenvalue weighted by molar-refractivity contribution is -0.141. The van der Waals surface area contributed by atoms with Gasteiger partial charge in [0.25, 0.3) is 5.91 Å². The molecule has 1 aliphatic carbocycles. The predicted molar refractivity (Wildman–Crippen MR) is 89.3 cm³/mol. The lowest BCUT2D eigenvalue weighted by atomic mass is 9.76. The van der Waals surface area contributed by atoms with Gasteiger partial charge in [0.2, 0.25) is 11.7 Å². The van der Waals surface area contributed by atoms with E-state index in [1.54, 1.807) is 6.92 Å². The van der Waals surface area contributed by atoms with E-state index in [-0.39, 0.29) is 23.0 Å². The van der Waals surface area contributed by atoms with Crippen LogP contribution in [0, 0.1) is 18.3 Å². The number of carboxylic acid groups (broad SMARTS) is 1. The number of nitrogens with zero attached hydrogens (tertiary/aromatic N) is 3. The summed E-state index contributed by atoms with van der Waals surface area (Å²) in [6.45, 7) is 3.34. The van der Waals surface area contributed by atoms with Gasteiger partial charge in [-0.15, -0.1) is 0 Å². The highest BCUT2D eigenvalue weighted by Gasteiger charge is 2.51. The molecule has 26 heavy (non-hydrogen) atoms. The van der Waals surface area contributed by atoms with Gasteiger partial charge in [-0.1, -0.05) is 0 Å². The van der Waals surface area contributed by atoms with Crippen molar-refractivity contribution < 1.29 is 23.9 Å². The lowest BCUT2D eigenvalue weighted by Crippen LogP contribution is -2.45. The fourth-order valence-electron chi connectivity index (χ4n) is 4.28. The van der Waals surface area contributed by atoms with Crippen LogP contribution in [-0.2, 0) is 9.59 Å². The van der Waals surface area contributed by atoms with Crippen molar-refractivity contribution in [1.29, 1.82) is 0 Å². The van der Waals surface area contributed by atoms with E-state index in [4.69, 9.17) is 4.42 Å². The largest absolute Gasteiger partial charge is 0.480 e. The minimum Gasteiger partial charge on any atom is -0.480 e. The topological polar surface area (TPSA) is 104 Å². The summed E-state index contributed by atoms with van der Waals surface area (Å²) in [5, 5.41) is 9.63. The smallest absolute Gasteiger partial charge is 0.326 e. The molecule has 1 atom stereocenters. The molecule has 2 amide bonds. The summed E-state index contributed by atoms with van der Waals surface area (Å²) in [7, 11) is 0. The molecule has 1 saturated carbocycles. The Balaban J connectivity index is 1.49. The standard InChI is InChI=1S/C18H23N3O5/c1-11-14(26-10-19-11)16(23)21-9-18(8-13(21)17(24)25)4-6-20(7-5-18)15(22)12-2-3-12/h10,12-13H,2-9H2,1H3,(H,24,25). The Bertz CT molecular complexity index is 746. The fraction of sp³-hybridized carbons (Fsp3) is 0.667.